The van der Waals surface area contributed by atoms with Gasteiger partial charge in [-0.3, -0.25) is 9.36 Å². The van der Waals surface area contributed by atoms with Crippen LogP contribution in [-0.4, -0.2) is 26.8 Å². The summed E-state index contributed by atoms with van der Waals surface area (Å²) in [4.78, 5) is 21.0. The molecular formula is C21H17N5O. The minimum Gasteiger partial charge on any atom is -0.302 e. The minimum absolute atomic E-state index is 0.0755. The average molecular weight is 355 g/mol. The van der Waals surface area contributed by atoms with E-state index in [1.54, 1.807) is 29.2 Å². The van der Waals surface area contributed by atoms with Gasteiger partial charge < -0.3 is 5.43 Å². The maximum Gasteiger partial charge on any atom is 0.263 e. The van der Waals surface area contributed by atoms with Crippen molar-refractivity contribution in [1.29, 1.82) is 0 Å². The van der Waals surface area contributed by atoms with Gasteiger partial charge in [-0.2, -0.15) is 5.10 Å². The smallest absolute Gasteiger partial charge is 0.263 e. The highest BCUT2D eigenvalue weighted by Crippen LogP contribution is 2.26. The molecule has 2 aromatic heterocycles. The molecule has 27 heavy (non-hydrogen) atoms. The van der Waals surface area contributed by atoms with Crippen LogP contribution < -0.4 is 11.0 Å². The molecule has 6 heteroatoms. The van der Waals surface area contributed by atoms with Crippen molar-refractivity contribution in [2.75, 3.05) is 0 Å². The zero-order valence-corrected chi connectivity index (χ0v) is 14.5. The van der Waals surface area contributed by atoms with Crippen molar-refractivity contribution in [3.63, 3.8) is 0 Å². The van der Waals surface area contributed by atoms with Crippen LogP contribution in [0.2, 0.25) is 0 Å². The molecule has 0 saturated heterocycles. The van der Waals surface area contributed by atoms with Gasteiger partial charge in [0, 0.05) is 18.3 Å². The summed E-state index contributed by atoms with van der Waals surface area (Å²) in [5.74, 6) is 0.342. The van der Waals surface area contributed by atoms with E-state index in [0.717, 1.165) is 11.1 Å². The van der Waals surface area contributed by atoms with Gasteiger partial charge in [-0.15, -0.1) is 0 Å². The Kier molecular flexibility index (Phi) is 3.67. The third-order valence-corrected chi connectivity index (χ3v) is 4.98. The summed E-state index contributed by atoms with van der Waals surface area (Å²) in [5.41, 5.74) is 6.89. The Hall–Kier alpha value is -3.54. The highest BCUT2D eigenvalue weighted by atomic mass is 16.1. The lowest BCUT2D eigenvalue weighted by Crippen LogP contribution is -2.25. The van der Waals surface area contributed by atoms with Crippen LogP contribution in [0.5, 0.6) is 0 Å². The van der Waals surface area contributed by atoms with E-state index in [-0.39, 0.29) is 11.6 Å². The molecule has 0 spiro atoms. The predicted octanol–water partition coefficient (Wildman–Crippen LogP) is 2.37. The van der Waals surface area contributed by atoms with E-state index in [0.29, 0.717) is 23.5 Å². The van der Waals surface area contributed by atoms with Gasteiger partial charge in [-0.25, -0.2) is 9.97 Å². The maximum absolute atomic E-state index is 12.6. The average Bonchev–Trinajstić information content (AvgIpc) is 3.19. The topological polar surface area (TPSA) is 72.2 Å². The molecular weight excluding hydrogens is 338 g/mol. The molecule has 2 atom stereocenters. The second-order valence-electron chi connectivity index (χ2n) is 6.74. The minimum atomic E-state index is -0.0755. The number of hydrazone groups is 1. The second-order valence-corrected chi connectivity index (χ2v) is 6.74. The van der Waals surface area contributed by atoms with E-state index >= 15 is 0 Å². The number of hydrogen-bond donors (Lipinski definition) is 1. The summed E-state index contributed by atoms with van der Waals surface area (Å²) in [6.07, 6.45) is 11.6. The number of fused-ring (bicyclic) bond motifs is 2. The monoisotopic (exact) mass is 355 g/mol. The Balaban J connectivity index is 1.39. The van der Waals surface area contributed by atoms with Gasteiger partial charge >= 0.3 is 0 Å². The molecule has 2 aliphatic rings. The molecule has 0 radical (unpaired) electrons. The summed E-state index contributed by atoms with van der Waals surface area (Å²) in [6.45, 7) is 0.478. The number of hydrogen-bond acceptors (Lipinski definition) is 5. The molecule has 1 aromatic carbocycles. The van der Waals surface area contributed by atoms with Gasteiger partial charge in [0.2, 0.25) is 0 Å². The highest BCUT2D eigenvalue weighted by molar-refractivity contribution is 5.80. The van der Waals surface area contributed by atoms with Crippen LogP contribution in [0.15, 0.2) is 77.0 Å². The highest BCUT2D eigenvalue weighted by Gasteiger charge is 2.23. The second kappa shape index (κ2) is 6.32. The molecule has 3 heterocycles. The van der Waals surface area contributed by atoms with Gasteiger partial charge in [0.15, 0.2) is 5.65 Å². The van der Waals surface area contributed by atoms with Crippen LogP contribution in [0.25, 0.3) is 16.6 Å². The number of nitrogens with zero attached hydrogens (tertiary/aromatic N) is 4. The fourth-order valence-corrected chi connectivity index (χ4v) is 3.48. The first-order chi connectivity index (χ1) is 13.3. The van der Waals surface area contributed by atoms with E-state index in [2.05, 4.69) is 63.0 Å². The summed E-state index contributed by atoms with van der Waals surface area (Å²) >= 11 is 0. The van der Waals surface area contributed by atoms with Crippen molar-refractivity contribution in [3.05, 3.63) is 88.6 Å². The largest absolute Gasteiger partial charge is 0.302 e. The fourth-order valence-electron chi connectivity index (χ4n) is 3.48. The number of benzene rings is 1. The molecule has 6 nitrogen and oxygen atoms in total. The van der Waals surface area contributed by atoms with Gasteiger partial charge in [0.05, 0.1) is 18.0 Å². The Morgan fingerprint density at radius 2 is 2.00 bits per heavy atom. The summed E-state index contributed by atoms with van der Waals surface area (Å²) < 4.78 is 1.61. The van der Waals surface area contributed by atoms with E-state index in [1.165, 1.54) is 5.57 Å². The van der Waals surface area contributed by atoms with Crippen LogP contribution in [0.1, 0.15) is 11.1 Å². The maximum atomic E-state index is 12.6. The standard InChI is InChI=1S/C21H17N5O/c27-21-18-2-1-9-22-20(18)23-13-26(21)12-14-3-5-15(6-4-14)16-7-8-17-11-24-25-19(17)10-16/h1-11,13,17,19,25H,12H2. The quantitative estimate of drug-likeness (QED) is 0.783. The van der Waals surface area contributed by atoms with Gasteiger partial charge in [-0.1, -0.05) is 42.5 Å². The first kappa shape index (κ1) is 15.7. The normalized spacial score (nSPS) is 20.4. The fraction of sp³-hybridized carbons (Fsp3) is 0.143. The molecule has 1 aliphatic carbocycles. The third kappa shape index (κ3) is 2.85. The molecule has 0 fully saturated rings. The summed E-state index contributed by atoms with van der Waals surface area (Å²) in [6, 6.07) is 12.0. The first-order valence-corrected chi connectivity index (χ1v) is 8.86. The molecule has 3 aromatic rings. The van der Waals surface area contributed by atoms with Gasteiger partial charge in [0.1, 0.15) is 6.33 Å². The molecule has 132 valence electrons. The Labute approximate surface area is 155 Å². The lowest BCUT2D eigenvalue weighted by atomic mass is 9.90. The SMILES string of the molecule is O=c1c2cccnc2ncn1Cc1ccc(C2=CC3NN=CC3C=C2)cc1. The zero-order valence-electron chi connectivity index (χ0n) is 14.5. The molecule has 0 bridgehead atoms. The van der Waals surface area contributed by atoms with E-state index in [4.69, 9.17) is 0 Å². The van der Waals surface area contributed by atoms with E-state index in [1.807, 2.05) is 6.21 Å². The Bertz CT molecular complexity index is 1160. The van der Waals surface area contributed by atoms with Gasteiger partial charge in [0.25, 0.3) is 5.56 Å². The molecule has 2 unspecified atom stereocenters. The van der Waals surface area contributed by atoms with Crippen LogP contribution in [0.3, 0.4) is 0 Å². The van der Waals surface area contributed by atoms with Crippen molar-refractivity contribution in [3.8, 4) is 0 Å². The molecule has 5 rings (SSSR count). The predicted molar refractivity (Wildman–Crippen MR) is 105 cm³/mol. The lowest BCUT2D eigenvalue weighted by Gasteiger charge is -2.18. The molecule has 1 aliphatic heterocycles. The van der Waals surface area contributed by atoms with Crippen molar-refractivity contribution in [2.24, 2.45) is 11.0 Å². The van der Waals surface area contributed by atoms with Gasteiger partial charge in [-0.05, 0) is 28.8 Å². The molecule has 0 amide bonds. The number of aromatic nitrogens is 3. The third-order valence-electron chi connectivity index (χ3n) is 4.98. The Morgan fingerprint density at radius 1 is 1.11 bits per heavy atom. The zero-order chi connectivity index (χ0) is 18.2. The number of nitrogens with one attached hydrogen (secondary N) is 1. The van der Waals surface area contributed by atoms with Crippen LogP contribution in [0.4, 0.5) is 0 Å². The number of rotatable bonds is 3. The Morgan fingerprint density at radius 3 is 2.89 bits per heavy atom. The van der Waals surface area contributed by atoms with Crippen molar-refractivity contribution < 1.29 is 0 Å². The first-order valence-electron chi connectivity index (χ1n) is 8.86. The number of allylic oxidation sites excluding steroid dienone is 2. The lowest BCUT2D eigenvalue weighted by molar-refractivity contribution is 0.624. The van der Waals surface area contributed by atoms with Crippen LogP contribution >= 0.6 is 0 Å². The van der Waals surface area contributed by atoms with Crippen LogP contribution in [-0.2, 0) is 6.54 Å². The molecule has 0 saturated carbocycles. The van der Waals surface area contributed by atoms with Crippen LogP contribution in [0, 0.1) is 5.92 Å². The van der Waals surface area contributed by atoms with Crippen molar-refractivity contribution >= 4 is 22.8 Å². The summed E-state index contributed by atoms with van der Waals surface area (Å²) in [5, 5.41) is 4.67. The molecule has 1 N–H and O–H groups in total. The van der Waals surface area contributed by atoms with Crippen molar-refractivity contribution in [1.82, 2.24) is 20.0 Å². The van der Waals surface area contributed by atoms with E-state index in [9.17, 15) is 4.79 Å². The van der Waals surface area contributed by atoms with E-state index < -0.39 is 0 Å². The number of pyridine rings is 1. The summed E-state index contributed by atoms with van der Waals surface area (Å²) in [7, 11) is 0. The van der Waals surface area contributed by atoms with Crippen molar-refractivity contribution in [2.45, 2.75) is 12.6 Å².